The molecule has 1 aromatic rings. The second kappa shape index (κ2) is 6.77. The smallest absolute Gasteiger partial charge is 0.315 e. The van der Waals surface area contributed by atoms with Crippen molar-refractivity contribution in [2.75, 3.05) is 6.54 Å². The molecule has 106 valence electrons. The fourth-order valence-electron chi connectivity index (χ4n) is 1.55. The van der Waals surface area contributed by atoms with E-state index in [1.54, 1.807) is 26.4 Å². The van der Waals surface area contributed by atoms with Crippen LogP contribution in [0.5, 0.6) is 0 Å². The Bertz CT molecular complexity index is 415. The number of urea groups is 1. The molecule has 0 aliphatic carbocycles. The summed E-state index contributed by atoms with van der Waals surface area (Å²) in [5.74, 6) is -0.865. The monoisotopic (exact) mass is 268 g/mol. The van der Waals surface area contributed by atoms with Crippen LogP contribution < -0.4 is 10.6 Å². The summed E-state index contributed by atoms with van der Waals surface area (Å²) in [4.78, 5) is 26.0. The lowest BCUT2D eigenvalue weighted by Gasteiger charge is -2.25. The van der Waals surface area contributed by atoms with Gasteiger partial charge in [-0.05, 0) is 20.3 Å². The lowest BCUT2D eigenvalue weighted by Crippen LogP contribution is -2.49. The van der Waals surface area contributed by atoms with Gasteiger partial charge in [0.15, 0.2) is 0 Å². The number of hydrogen-bond donors (Lipinski definition) is 3. The molecule has 7 nitrogen and oxygen atoms in total. The first-order valence-corrected chi connectivity index (χ1v) is 6.12. The molecule has 7 heteroatoms. The van der Waals surface area contributed by atoms with Crippen molar-refractivity contribution in [3.8, 4) is 0 Å². The highest BCUT2D eigenvalue weighted by Gasteiger charge is 2.21. The lowest BCUT2D eigenvalue weighted by atomic mass is 9.99. The summed E-state index contributed by atoms with van der Waals surface area (Å²) in [6.45, 7) is 4.72. The van der Waals surface area contributed by atoms with E-state index in [0.717, 1.165) is 0 Å². The highest BCUT2D eigenvalue weighted by molar-refractivity contribution is 5.74. The summed E-state index contributed by atoms with van der Waals surface area (Å²) in [5, 5.41) is 14.1. The maximum Gasteiger partial charge on any atom is 0.315 e. The van der Waals surface area contributed by atoms with Crippen LogP contribution in [0.25, 0.3) is 0 Å². The molecule has 1 aromatic heterocycles. The number of carboxylic acids is 1. The van der Waals surface area contributed by atoms with Crippen LogP contribution in [-0.2, 0) is 11.3 Å². The third-order valence-electron chi connectivity index (χ3n) is 2.63. The van der Waals surface area contributed by atoms with E-state index in [2.05, 4.69) is 15.6 Å². The highest BCUT2D eigenvalue weighted by atomic mass is 16.4. The number of aliphatic carboxylic acids is 1. The molecule has 0 unspecified atom stereocenters. The quantitative estimate of drug-likeness (QED) is 0.682. The normalized spacial score (nSPS) is 11.1. The van der Waals surface area contributed by atoms with Crippen molar-refractivity contribution in [1.82, 2.24) is 20.2 Å². The van der Waals surface area contributed by atoms with Crippen molar-refractivity contribution >= 4 is 12.0 Å². The molecule has 0 radical (unpaired) electrons. The van der Waals surface area contributed by atoms with Crippen molar-refractivity contribution in [2.45, 2.75) is 38.8 Å². The molecular weight excluding hydrogens is 248 g/mol. The maximum atomic E-state index is 11.6. The van der Waals surface area contributed by atoms with E-state index in [-0.39, 0.29) is 12.5 Å². The second-order valence-corrected chi connectivity index (χ2v) is 4.96. The van der Waals surface area contributed by atoms with Gasteiger partial charge in [-0.2, -0.15) is 0 Å². The van der Waals surface area contributed by atoms with Crippen molar-refractivity contribution in [3.05, 3.63) is 18.7 Å². The van der Waals surface area contributed by atoms with Crippen LogP contribution >= 0.6 is 0 Å². The van der Waals surface area contributed by atoms with Crippen molar-refractivity contribution < 1.29 is 14.7 Å². The van der Waals surface area contributed by atoms with E-state index >= 15 is 0 Å². The van der Waals surface area contributed by atoms with Gasteiger partial charge in [-0.1, -0.05) is 0 Å². The van der Waals surface area contributed by atoms with E-state index < -0.39 is 11.5 Å². The largest absolute Gasteiger partial charge is 0.481 e. The summed E-state index contributed by atoms with van der Waals surface area (Å²) >= 11 is 0. The van der Waals surface area contributed by atoms with E-state index in [1.807, 2.05) is 10.8 Å². The zero-order valence-electron chi connectivity index (χ0n) is 11.2. The molecule has 19 heavy (non-hydrogen) atoms. The summed E-state index contributed by atoms with van der Waals surface area (Å²) in [7, 11) is 0. The number of carboxylic acid groups (broad SMARTS) is 1. The van der Waals surface area contributed by atoms with Gasteiger partial charge in [0.1, 0.15) is 0 Å². The third kappa shape index (κ3) is 6.44. The first-order chi connectivity index (χ1) is 8.89. The molecular formula is C12H20N4O3. The van der Waals surface area contributed by atoms with Crippen molar-refractivity contribution in [3.63, 3.8) is 0 Å². The molecule has 1 rings (SSSR count). The van der Waals surface area contributed by atoms with Crippen molar-refractivity contribution in [1.29, 1.82) is 0 Å². The minimum atomic E-state index is -0.865. The van der Waals surface area contributed by atoms with Gasteiger partial charge in [-0.3, -0.25) is 4.79 Å². The van der Waals surface area contributed by atoms with Crippen LogP contribution in [0.15, 0.2) is 18.7 Å². The Morgan fingerprint density at radius 1 is 1.42 bits per heavy atom. The standard InChI is InChI=1S/C12H20N4O3/c1-12(2,4-3-10(17)18)15-11(19)14-6-8-16-7-5-13-9-16/h5,7,9H,3-4,6,8H2,1-2H3,(H,17,18)(H2,14,15,19). The van der Waals surface area contributed by atoms with Gasteiger partial charge in [0, 0.05) is 37.4 Å². The molecule has 1 heterocycles. The average molecular weight is 268 g/mol. The Hall–Kier alpha value is -2.05. The Balaban J connectivity index is 2.24. The average Bonchev–Trinajstić information content (AvgIpc) is 2.79. The van der Waals surface area contributed by atoms with Crippen LogP contribution in [0.3, 0.4) is 0 Å². The first kappa shape index (κ1) is 15.0. The van der Waals surface area contributed by atoms with Crippen LogP contribution in [-0.4, -0.2) is 38.7 Å². The van der Waals surface area contributed by atoms with Gasteiger partial charge in [0.05, 0.1) is 6.33 Å². The highest BCUT2D eigenvalue weighted by Crippen LogP contribution is 2.10. The molecule has 0 saturated heterocycles. The fourth-order valence-corrected chi connectivity index (χ4v) is 1.55. The van der Waals surface area contributed by atoms with Crippen LogP contribution in [0.4, 0.5) is 4.79 Å². The van der Waals surface area contributed by atoms with Gasteiger partial charge in [-0.15, -0.1) is 0 Å². The summed E-state index contributed by atoms with van der Waals surface area (Å²) in [6.07, 6.45) is 5.58. The van der Waals surface area contributed by atoms with Crippen LogP contribution in [0.2, 0.25) is 0 Å². The second-order valence-electron chi connectivity index (χ2n) is 4.96. The number of carbonyl (C=O) groups is 2. The zero-order valence-corrected chi connectivity index (χ0v) is 11.2. The number of nitrogens with zero attached hydrogens (tertiary/aromatic N) is 2. The Labute approximate surface area is 112 Å². The predicted molar refractivity (Wildman–Crippen MR) is 69.7 cm³/mol. The van der Waals surface area contributed by atoms with Crippen LogP contribution in [0.1, 0.15) is 26.7 Å². The zero-order chi connectivity index (χ0) is 14.3. The van der Waals surface area contributed by atoms with Gasteiger partial charge in [0.25, 0.3) is 0 Å². The number of hydrogen-bond acceptors (Lipinski definition) is 3. The molecule has 0 spiro atoms. The Kier molecular flexibility index (Phi) is 5.35. The molecule has 3 N–H and O–H groups in total. The first-order valence-electron chi connectivity index (χ1n) is 6.12. The Morgan fingerprint density at radius 2 is 2.16 bits per heavy atom. The molecule has 0 atom stereocenters. The number of carbonyl (C=O) groups excluding carboxylic acids is 1. The summed E-state index contributed by atoms with van der Waals surface area (Å²) in [5.41, 5.74) is -0.544. The Morgan fingerprint density at radius 3 is 2.74 bits per heavy atom. The van der Waals surface area contributed by atoms with Gasteiger partial charge >= 0.3 is 12.0 Å². The number of rotatable bonds is 7. The number of nitrogens with one attached hydrogen (secondary N) is 2. The SMILES string of the molecule is CC(C)(CCC(=O)O)NC(=O)NCCn1ccnc1. The molecule has 0 aliphatic heterocycles. The molecule has 2 amide bonds. The predicted octanol–water partition coefficient (Wildman–Crippen LogP) is 0.826. The van der Waals surface area contributed by atoms with Gasteiger partial charge < -0.3 is 20.3 Å². The molecule has 0 saturated carbocycles. The number of imidazole rings is 1. The van der Waals surface area contributed by atoms with Crippen molar-refractivity contribution in [2.24, 2.45) is 0 Å². The minimum absolute atomic E-state index is 0.0301. The molecule has 0 fully saturated rings. The summed E-state index contributed by atoms with van der Waals surface area (Å²) in [6, 6.07) is -0.296. The topological polar surface area (TPSA) is 96.3 Å². The van der Waals surface area contributed by atoms with Gasteiger partial charge in [0.2, 0.25) is 0 Å². The van der Waals surface area contributed by atoms with E-state index in [9.17, 15) is 9.59 Å². The van der Waals surface area contributed by atoms with E-state index in [1.165, 1.54) is 0 Å². The minimum Gasteiger partial charge on any atom is -0.481 e. The van der Waals surface area contributed by atoms with Crippen LogP contribution in [0, 0.1) is 0 Å². The summed E-state index contributed by atoms with van der Waals surface area (Å²) < 4.78 is 1.86. The maximum absolute atomic E-state index is 11.6. The third-order valence-corrected chi connectivity index (χ3v) is 2.63. The van der Waals surface area contributed by atoms with E-state index in [0.29, 0.717) is 19.5 Å². The van der Waals surface area contributed by atoms with E-state index in [4.69, 9.17) is 5.11 Å². The number of aromatic nitrogens is 2. The van der Waals surface area contributed by atoms with Gasteiger partial charge in [-0.25, -0.2) is 9.78 Å². The number of amides is 2. The lowest BCUT2D eigenvalue weighted by molar-refractivity contribution is -0.137. The molecule has 0 aliphatic rings. The molecule has 0 aromatic carbocycles. The molecule has 0 bridgehead atoms. The fraction of sp³-hybridized carbons (Fsp3) is 0.583.